The maximum Gasteiger partial charge on any atom is 0.114 e. The lowest BCUT2D eigenvalue weighted by Crippen LogP contribution is -2.31. The van der Waals surface area contributed by atoms with E-state index < -0.39 is 0 Å². The van der Waals surface area contributed by atoms with E-state index in [9.17, 15) is 0 Å². The molecule has 0 aliphatic carbocycles. The number of hydrogen-bond donors (Lipinski definition) is 2. The fourth-order valence-electron chi connectivity index (χ4n) is 2.26. The molecule has 2 heterocycles. The van der Waals surface area contributed by atoms with Crippen LogP contribution in [0.2, 0.25) is 0 Å². The normalized spacial score (nSPS) is 25.3. The lowest BCUT2D eigenvalue weighted by Gasteiger charge is -2.13. The van der Waals surface area contributed by atoms with E-state index in [2.05, 4.69) is 21.4 Å². The molecule has 0 radical (unpaired) electrons. The average Bonchev–Trinajstić information content (AvgIpc) is 2.94. The van der Waals surface area contributed by atoms with Crippen molar-refractivity contribution < 1.29 is 4.74 Å². The largest absolute Gasteiger partial charge is 0.379 e. The van der Waals surface area contributed by atoms with Gasteiger partial charge in [0.05, 0.1) is 30.2 Å². The van der Waals surface area contributed by atoms with Gasteiger partial charge >= 0.3 is 0 Å². The van der Waals surface area contributed by atoms with Gasteiger partial charge in [-0.1, -0.05) is 12.1 Å². The molecular weight excluding hydrogens is 202 g/mol. The Morgan fingerprint density at radius 1 is 1.38 bits per heavy atom. The predicted octanol–water partition coefficient (Wildman–Crippen LogP) is 1.26. The summed E-state index contributed by atoms with van der Waals surface area (Å²) in [7, 11) is 1.97. The zero-order valence-electron chi connectivity index (χ0n) is 9.23. The van der Waals surface area contributed by atoms with E-state index in [1.807, 2.05) is 25.2 Å². The monoisotopic (exact) mass is 217 g/mol. The van der Waals surface area contributed by atoms with Gasteiger partial charge in [0.25, 0.3) is 0 Å². The first kappa shape index (κ1) is 9.81. The Kier molecular flexibility index (Phi) is 2.38. The van der Waals surface area contributed by atoms with E-state index in [4.69, 9.17) is 4.74 Å². The van der Waals surface area contributed by atoms with Gasteiger partial charge in [0, 0.05) is 6.04 Å². The third kappa shape index (κ3) is 1.50. The van der Waals surface area contributed by atoms with Crippen molar-refractivity contribution in [3.8, 4) is 0 Å². The number of fused-ring (bicyclic) bond motifs is 1. The van der Waals surface area contributed by atoms with Crippen molar-refractivity contribution in [3.63, 3.8) is 0 Å². The molecule has 0 spiro atoms. The summed E-state index contributed by atoms with van der Waals surface area (Å²) in [5, 5.41) is 3.27. The molecule has 1 aromatic heterocycles. The molecule has 0 saturated carbocycles. The number of rotatable bonds is 2. The molecule has 16 heavy (non-hydrogen) atoms. The summed E-state index contributed by atoms with van der Waals surface area (Å²) in [6.07, 6.45) is 0. The molecule has 2 atom stereocenters. The Morgan fingerprint density at radius 2 is 2.25 bits per heavy atom. The van der Waals surface area contributed by atoms with Crippen LogP contribution in [0.5, 0.6) is 0 Å². The molecule has 84 valence electrons. The number of aromatic amines is 1. The molecule has 0 bridgehead atoms. The van der Waals surface area contributed by atoms with Gasteiger partial charge in [0.15, 0.2) is 0 Å². The Bertz CT molecular complexity index is 461. The summed E-state index contributed by atoms with van der Waals surface area (Å²) in [5.41, 5.74) is 2.12. The molecule has 1 aromatic carbocycles. The Labute approximate surface area is 94.0 Å². The molecule has 1 aliphatic rings. The fourth-order valence-corrected chi connectivity index (χ4v) is 2.26. The maximum absolute atomic E-state index is 5.49. The molecule has 4 nitrogen and oxygen atoms in total. The molecule has 4 heteroatoms. The molecule has 2 unspecified atom stereocenters. The number of nitrogens with zero attached hydrogens (tertiary/aromatic N) is 1. The highest BCUT2D eigenvalue weighted by molar-refractivity contribution is 5.74. The van der Waals surface area contributed by atoms with Crippen molar-refractivity contribution in [2.45, 2.75) is 12.0 Å². The van der Waals surface area contributed by atoms with Gasteiger partial charge in [0.1, 0.15) is 5.82 Å². The highest BCUT2D eigenvalue weighted by Crippen LogP contribution is 2.25. The second-order valence-corrected chi connectivity index (χ2v) is 4.18. The number of benzene rings is 1. The Hall–Kier alpha value is -1.39. The van der Waals surface area contributed by atoms with Crippen molar-refractivity contribution in [1.82, 2.24) is 15.3 Å². The summed E-state index contributed by atoms with van der Waals surface area (Å²) < 4.78 is 5.49. The summed E-state index contributed by atoms with van der Waals surface area (Å²) in [4.78, 5) is 7.99. The van der Waals surface area contributed by atoms with Gasteiger partial charge in [-0.05, 0) is 19.2 Å². The molecule has 1 aliphatic heterocycles. The lowest BCUT2D eigenvalue weighted by atomic mass is 10.0. The van der Waals surface area contributed by atoms with Crippen LogP contribution in [-0.2, 0) is 4.74 Å². The lowest BCUT2D eigenvalue weighted by molar-refractivity contribution is 0.188. The van der Waals surface area contributed by atoms with E-state index in [0.29, 0.717) is 12.0 Å². The van der Waals surface area contributed by atoms with Crippen LogP contribution in [0.4, 0.5) is 0 Å². The van der Waals surface area contributed by atoms with Crippen LogP contribution in [0, 0.1) is 0 Å². The summed E-state index contributed by atoms with van der Waals surface area (Å²) in [5.74, 6) is 1.36. The van der Waals surface area contributed by atoms with Gasteiger partial charge in [-0.3, -0.25) is 0 Å². The Morgan fingerprint density at radius 3 is 3.06 bits per heavy atom. The van der Waals surface area contributed by atoms with Crippen LogP contribution < -0.4 is 5.32 Å². The SMILES string of the molecule is CNC1COCC1c1nc2ccccc2[nH]1. The number of imidazole rings is 1. The van der Waals surface area contributed by atoms with Crippen molar-refractivity contribution in [1.29, 1.82) is 0 Å². The topological polar surface area (TPSA) is 49.9 Å². The molecule has 2 N–H and O–H groups in total. The van der Waals surface area contributed by atoms with E-state index in [1.165, 1.54) is 0 Å². The minimum Gasteiger partial charge on any atom is -0.379 e. The average molecular weight is 217 g/mol. The van der Waals surface area contributed by atoms with Gasteiger partial charge in [-0.2, -0.15) is 0 Å². The van der Waals surface area contributed by atoms with Crippen LogP contribution in [0.25, 0.3) is 11.0 Å². The minimum atomic E-state index is 0.331. The van der Waals surface area contributed by atoms with E-state index >= 15 is 0 Å². The smallest absolute Gasteiger partial charge is 0.114 e. The first-order valence-electron chi connectivity index (χ1n) is 5.58. The zero-order chi connectivity index (χ0) is 11.0. The van der Waals surface area contributed by atoms with E-state index in [-0.39, 0.29) is 0 Å². The van der Waals surface area contributed by atoms with Crippen LogP contribution in [0.3, 0.4) is 0 Å². The maximum atomic E-state index is 5.49. The van der Waals surface area contributed by atoms with Gasteiger partial charge in [-0.15, -0.1) is 0 Å². The molecule has 2 aromatic rings. The number of aromatic nitrogens is 2. The number of H-pyrrole nitrogens is 1. The van der Waals surface area contributed by atoms with Crippen molar-refractivity contribution in [3.05, 3.63) is 30.1 Å². The summed E-state index contributed by atoms with van der Waals surface area (Å²) >= 11 is 0. The third-order valence-corrected chi connectivity index (χ3v) is 3.21. The number of para-hydroxylation sites is 2. The molecule has 0 amide bonds. The van der Waals surface area contributed by atoms with Crippen LogP contribution in [-0.4, -0.2) is 36.3 Å². The fraction of sp³-hybridized carbons (Fsp3) is 0.417. The summed E-state index contributed by atoms with van der Waals surface area (Å²) in [6, 6.07) is 8.47. The molecule has 1 fully saturated rings. The first-order chi connectivity index (χ1) is 7.88. The van der Waals surface area contributed by atoms with E-state index in [1.54, 1.807) is 0 Å². The highest BCUT2D eigenvalue weighted by atomic mass is 16.5. The van der Waals surface area contributed by atoms with Crippen LogP contribution in [0.1, 0.15) is 11.7 Å². The second-order valence-electron chi connectivity index (χ2n) is 4.18. The van der Waals surface area contributed by atoms with Crippen LogP contribution >= 0.6 is 0 Å². The first-order valence-corrected chi connectivity index (χ1v) is 5.58. The zero-order valence-corrected chi connectivity index (χ0v) is 9.23. The van der Waals surface area contributed by atoms with Crippen molar-refractivity contribution >= 4 is 11.0 Å². The second kappa shape index (κ2) is 3.88. The highest BCUT2D eigenvalue weighted by Gasteiger charge is 2.30. The Balaban J connectivity index is 1.99. The molecular formula is C12H15N3O. The van der Waals surface area contributed by atoms with Gasteiger partial charge in [0.2, 0.25) is 0 Å². The van der Waals surface area contributed by atoms with E-state index in [0.717, 1.165) is 30.1 Å². The number of likely N-dealkylation sites (N-methyl/N-ethyl adjacent to an activating group) is 1. The van der Waals surface area contributed by atoms with Crippen LogP contribution in [0.15, 0.2) is 24.3 Å². The van der Waals surface area contributed by atoms with Gasteiger partial charge < -0.3 is 15.0 Å². The van der Waals surface area contributed by atoms with Gasteiger partial charge in [-0.25, -0.2) is 4.98 Å². The number of ether oxygens (including phenoxy) is 1. The standard InChI is InChI=1S/C12H15N3O/c1-13-11-7-16-6-8(11)12-14-9-4-2-3-5-10(9)15-12/h2-5,8,11,13H,6-7H2,1H3,(H,14,15). The number of hydrogen-bond acceptors (Lipinski definition) is 3. The summed E-state index contributed by atoms with van der Waals surface area (Å²) in [6.45, 7) is 1.50. The number of nitrogens with one attached hydrogen (secondary N) is 2. The van der Waals surface area contributed by atoms with Crippen molar-refractivity contribution in [2.24, 2.45) is 0 Å². The molecule has 3 rings (SSSR count). The molecule has 1 saturated heterocycles. The third-order valence-electron chi connectivity index (χ3n) is 3.21. The van der Waals surface area contributed by atoms with Crippen molar-refractivity contribution in [2.75, 3.05) is 20.3 Å². The predicted molar refractivity (Wildman–Crippen MR) is 62.5 cm³/mol. The quantitative estimate of drug-likeness (QED) is 0.796. The minimum absolute atomic E-state index is 0.331.